The molecule has 1 unspecified atom stereocenters. The summed E-state index contributed by atoms with van der Waals surface area (Å²) in [4.78, 5) is 2.25. The minimum absolute atomic E-state index is 0.238. The van der Waals surface area contributed by atoms with Crippen molar-refractivity contribution in [3.05, 3.63) is 72.9 Å². The van der Waals surface area contributed by atoms with E-state index in [4.69, 9.17) is 9.47 Å². The van der Waals surface area contributed by atoms with Crippen molar-refractivity contribution < 1.29 is 9.47 Å². The van der Waals surface area contributed by atoms with Gasteiger partial charge in [0.2, 0.25) is 0 Å². The Kier molecular flexibility index (Phi) is 29.4. The predicted octanol–water partition coefficient (Wildman–Crippen LogP) is 13.0. The van der Waals surface area contributed by atoms with Crippen molar-refractivity contribution >= 4 is 0 Å². The SMILES string of the molecule is CCCCC/C=C\C/C=C\C/C=C\CCCCCC1(CCCCC/C=C\C/C=C\C/C=C\CCCCC)OCC(CCN(C)C)O1. The van der Waals surface area contributed by atoms with Crippen LogP contribution in [0.5, 0.6) is 0 Å². The van der Waals surface area contributed by atoms with Crippen LogP contribution in [-0.2, 0) is 9.47 Å². The highest BCUT2D eigenvalue weighted by atomic mass is 16.7. The van der Waals surface area contributed by atoms with Crippen molar-refractivity contribution in [3.8, 4) is 0 Å². The largest absolute Gasteiger partial charge is 0.347 e. The molecule has 264 valence electrons. The van der Waals surface area contributed by atoms with Gasteiger partial charge in [-0.05, 0) is 110 Å². The molecule has 3 nitrogen and oxygen atoms in total. The van der Waals surface area contributed by atoms with E-state index in [1.807, 2.05) is 0 Å². The van der Waals surface area contributed by atoms with Crippen LogP contribution < -0.4 is 0 Å². The molecule has 46 heavy (non-hydrogen) atoms. The highest BCUT2D eigenvalue weighted by Gasteiger charge is 2.40. The van der Waals surface area contributed by atoms with Crippen molar-refractivity contribution in [3.63, 3.8) is 0 Å². The van der Waals surface area contributed by atoms with E-state index in [1.54, 1.807) is 0 Å². The number of unbranched alkanes of at least 4 members (excludes halogenated alkanes) is 12. The van der Waals surface area contributed by atoms with E-state index in [2.05, 4.69) is 106 Å². The molecule has 1 rings (SSSR count). The van der Waals surface area contributed by atoms with Gasteiger partial charge in [-0.2, -0.15) is 0 Å². The molecule has 0 aromatic rings. The Morgan fingerprint density at radius 1 is 0.522 bits per heavy atom. The van der Waals surface area contributed by atoms with Crippen LogP contribution in [0.1, 0.15) is 162 Å². The van der Waals surface area contributed by atoms with Gasteiger partial charge >= 0.3 is 0 Å². The lowest BCUT2D eigenvalue weighted by Gasteiger charge is -2.28. The van der Waals surface area contributed by atoms with Crippen molar-refractivity contribution in [2.45, 2.75) is 173 Å². The first kappa shape index (κ1) is 42.3. The molecule has 0 amide bonds. The Balaban J connectivity index is 2.24. The molecule has 0 aromatic carbocycles. The van der Waals surface area contributed by atoms with Crippen LogP contribution >= 0.6 is 0 Å². The molecule has 0 saturated carbocycles. The van der Waals surface area contributed by atoms with Gasteiger partial charge in [-0.1, -0.05) is 125 Å². The lowest BCUT2D eigenvalue weighted by atomic mass is 9.99. The Labute approximate surface area is 287 Å². The number of rotatable bonds is 31. The highest BCUT2D eigenvalue weighted by Crippen LogP contribution is 2.35. The quantitative estimate of drug-likeness (QED) is 0.0557. The van der Waals surface area contributed by atoms with Crippen LogP contribution in [-0.4, -0.2) is 44.0 Å². The van der Waals surface area contributed by atoms with Gasteiger partial charge in [0.25, 0.3) is 0 Å². The minimum Gasteiger partial charge on any atom is -0.347 e. The van der Waals surface area contributed by atoms with Crippen LogP contribution in [0.3, 0.4) is 0 Å². The third-order valence-corrected chi connectivity index (χ3v) is 8.71. The highest BCUT2D eigenvalue weighted by molar-refractivity contribution is 4.98. The van der Waals surface area contributed by atoms with Crippen LogP contribution in [0, 0.1) is 0 Å². The average molecular weight is 638 g/mol. The molecule has 0 spiro atoms. The van der Waals surface area contributed by atoms with Gasteiger partial charge in [-0.3, -0.25) is 0 Å². The third-order valence-electron chi connectivity index (χ3n) is 8.71. The van der Waals surface area contributed by atoms with Crippen molar-refractivity contribution in [2.24, 2.45) is 0 Å². The smallest absolute Gasteiger partial charge is 0.168 e. The van der Waals surface area contributed by atoms with Crippen LogP contribution in [0.15, 0.2) is 72.9 Å². The van der Waals surface area contributed by atoms with Gasteiger partial charge in [0, 0.05) is 19.4 Å². The molecule has 3 heteroatoms. The summed E-state index contributed by atoms with van der Waals surface area (Å²) in [5.41, 5.74) is 0. The number of hydrogen-bond donors (Lipinski definition) is 0. The first-order valence-corrected chi connectivity index (χ1v) is 19.5. The topological polar surface area (TPSA) is 21.7 Å². The molecule has 0 bridgehead atoms. The molecule has 1 saturated heterocycles. The standard InChI is InChI=1S/C43H75NO2/c1-5-7-9-11-13-15-17-19-21-23-25-27-29-31-33-35-38-43(45-41-42(46-43)37-40-44(3)4)39-36-34-32-30-28-26-24-22-20-18-16-14-12-10-8-6-2/h13-16,19-22,25-28,42H,5-12,17-18,23-24,29-41H2,1-4H3/b15-13-,16-14-,21-19-,22-20-,27-25-,28-26-. The van der Waals surface area contributed by atoms with Crippen LogP contribution in [0.4, 0.5) is 0 Å². The first-order chi connectivity index (χ1) is 22.6. The second kappa shape index (κ2) is 31.9. The van der Waals surface area contributed by atoms with E-state index in [0.29, 0.717) is 0 Å². The molecule has 1 heterocycles. The van der Waals surface area contributed by atoms with Gasteiger partial charge in [0.1, 0.15) is 0 Å². The van der Waals surface area contributed by atoms with E-state index in [9.17, 15) is 0 Å². The maximum Gasteiger partial charge on any atom is 0.168 e. The molecule has 0 aliphatic carbocycles. The number of hydrogen-bond acceptors (Lipinski definition) is 3. The summed E-state index contributed by atoms with van der Waals surface area (Å²) in [5.74, 6) is -0.354. The molecule has 0 aromatic heterocycles. The summed E-state index contributed by atoms with van der Waals surface area (Å²) in [6, 6.07) is 0. The van der Waals surface area contributed by atoms with Crippen molar-refractivity contribution in [2.75, 3.05) is 27.2 Å². The van der Waals surface area contributed by atoms with E-state index in [0.717, 1.165) is 58.1 Å². The van der Waals surface area contributed by atoms with Crippen molar-refractivity contribution in [1.29, 1.82) is 0 Å². The average Bonchev–Trinajstić information content (AvgIpc) is 3.46. The molecular formula is C43H75NO2. The fraction of sp³-hybridized carbons (Fsp3) is 0.721. The number of ether oxygens (including phenoxy) is 2. The second-order valence-corrected chi connectivity index (χ2v) is 13.5. The minimum atomic E-state index is -0.354. The van der Waals surface area contributed by atoms with E-state index >= 15 is 0 Å². The number of nitrogens with zero attached hydrogens (tertiary/aromatic N) is 1. The molecule has 0 radical (unpaired) electrons. The maximum absolute atomic E-state index is 6.65. The van der Waals surface area contributed by atoms with Gasteiger partial charge in [-0.25, -0.2) is 0 Å². The van der Waals surface area contributed by atoms with Crippen LogP contribution in [0.2, 0.25) is 0 Å². The second-order valence-electron chi connectivity index (χ2n) is 13.5. The van der Waals surface area contributed by atoms with E-state index in [-0.39, 0.29) is 11.9 Å². The van der Waals surface area contributed by atoms with Gasteiger partial charge < -0.3 is 14.4 Å². The lowest BCUT2D eigenvalue weighted by Crippen LogP contribution is -2.31. The predicted molar refractivity (Wildman–Crippen MR) is 204 cm³/mol. The zero-order valence-electron chi connectivity index (χ0n) is 30.9. The monoisotopic (exact) mass is 638 g/mol. The van der Waals surface area contributed by atoms with Crippen molar-refractivity contribution in [1.82, 2.24) is 4.90 Å². The summed E-state index contributed by atoms with van der Waals surface area (Å²) in [7, 11) is 4.28. The zero-order chi connectivity index (χ0) is 33.2. The van der Waals surface area contributed by atoms with Gasteiger partial charge in [-0.15, -0.1) is 0 Å². The van der Waals surface area contributed by atoms with Crippen LogP contribution in [0.25, 0.3) is 0 Å². The molecular weight excluding hydrogens is 562 g/mol. The van der Waals surface area contributed by atoms with E-state index in [1.165, 1.54) is 103 Å². The van der Waals surface area contributed by atoms with Gasteiger partial charge in [0.15, 0.2) is 5.79 Å². The summed E-state index contributed by atoms with van der Waals surface area (Å²) >= 11 is 0. The van der Waals surface area contributed by atoms with Gasteiger partial charge in [0.05, 0.1) is 12.7 Å². The molecule has 1 fully saturated rings. The molecule has 0 N–H and O–H groups in total. The fourth-order valence-corrected chi connectivity index (χ4v) is 5.79. The Bertz CT molecular complexity index is 780. The van der Waals surface area contributed by atoms with E-state index < -0.39 is 0 Å². The summed E-state index contributed by atoms with van der Waals surface area (Å²) in [6.07, 6.45) is 55.5. The summed E-state index contributed by atoms with van der Waals surface area (Å²) < 4.78 is 13.1. The Morgan fingerprint density at radius 3 is 1.30 bits per heavy atom. The zero-order valence-corrected chi connectivity index (χ0v) is 30.9. The Hall–Kier alpha value is -1.68. The fourth-order valence-electron chi connectivity index (χ4n) is 5.79. The molecule has 1 atom stereocenters. The Morgan fingerprint density at radius 2 is 0.913 bits per heavy atom. The number of allylic oxidation sites excluding steroid dienone is 12. The molecule has 1 aliphatic heterocycles. The third kappa shape index (κ3) is 26.4. The first-order valence-electron chi connectivity index (χ1n) is 19.5. The maximum atomic E-state index is 6.65. The summed E-state index contributed by atoms with van der Waals surface area (Å²) in [6.45, 7) is 6.33. The summed E-state index contributed by atoms with van der Waals surface area (Å²) in [5, 5.41) is 0. The lowest BCUT2D eigenvalue weighted by molar-refractivity contribution is -0.180. The normalized spacial score (nSPS) is 17.3. The molecule has 1 aliphatic rings.